The molecule has 4 aromatic rings. The molecule has 7 heteroatoms. The summed E-state index contributed by atoms with van der Waals surface area (Å²) in [5.41, 5.74) is 1.01. The number of rotatable bonds is 8. The van der Waals surface area contributed by atoms with Crippen molar-refractivity contribution in [1.29, 1.82) is 0 Å². The fourth-order valence-corrected chi connectivity index (χ4v) is 3.99. The second-order valence-corrected chi connectivity index (χ2v) is 8.13. The number of anilines is 1. The summed E-state index contributed by atoms with van der Waals surface area (Å²) >= 11 is 1.55. The molecule has 0 saturated heterocycles. The van der Waals surface area contributed by atoms with Crippen molar-refractivity contribution < 1.29 is 9.21 Å². The number of benzene rings is 2. The molecule has 6 nitrogen and oxygen atoms in total. The molecule has 0 aliphatic carbocycles. The zero-order valence-electron chi connectivity index (χ0n) is 17.1. The van der Waals surface area contributed by atoms with E-state index in [1.807, 2.05) is 47.7 Å². The molecule has 0 fully saturated rings. The summed E-state index contributed by atoms with van der Waals surface area (Å²) in [7, 11) is 1.94. The number of hydrogen-bond donors (Lipinski definition) is 0. The fraction of sp³-hybridized carbons (Fsp3) is 0.261. The van der Waals surface area contributed by atoms with Crippen LogP contribution in [0.15, 0.2) is 64.4 Å². The second-order valence-electron chi connectivity index (χ2n) is 7.18. The van der Waals surface area contributed by atoms with Crippen molar-refractivity contribution in [2.24, 2.45) is 0 Å². The van der Waals surface area contributed by atoms with Gasteiger partial charge in [-0.05, 0) is 40.8 Å². The number of aromatic nitrogens is 2. The van der Waals surface area contributed by atoms with E-state index in [1.165, 1.54) is 5.39 Å². The summed E-state index contributed by atoms with van der Waals surface area (Å²) in [6.45, 7) is 3.29. The third kappa shape index (κ3) is 4.52. The number of nitrogens with zero attached hydrogens (tertiary/aromatic N) is 4. The average Bonchev–Trinajstić information content (AvgIpc) is 3.45. The molecule has 1 amide bonds. The van der Waals surface area contributed by atoms with Crippen LogP contribution in [0.1, 0.15) is 19.2 Å². The van der Waals surface area contributed by atoms with Crippen LogP contribution in [0, 0.1) is 0 Å². The Hall–Kier alpha value is -3.19. The standard InChI is InChI=1S/C23H24N4O2S/c1-3-12-27(15-21-24-25-23(29-21)20-9-6-13-30-20)22(28)16-26(2)19-11-10-17-7-4-5-8-18(17)14-19/h4-11,13-14H,3,12,15-16H2,1-2H3. The first kappa shape index (κ1) is 20.1. The van der Waals surface area contributed by atoms with Gasteiger partial charge in [-0.15, -0.1) is 21.5 Å². The molecule has 0 unspecified atom stereocenters. The maximum absolute atomic E-state index is 13.0. The maximum atomic E-state index is 13.0. The molecule has 0 aliphatic heterocycles. The van der Waals surface area contributed by atoms with Crippen LogP contribution in [-0.4, -0.2) is 41.1 Å². The Bertz CT molecular complexity index is 1120. The van der Waals surface area contributed by atoms with Crippen molar-refractivity contribution in [3.8, 4) is 10.8 Å². The Balaban J connectivity index is 1.44. The minimum Gasteiger partial charge on any atom is -0.418 e. The fourth-order valence-electron chi connectivity index (χ4n) is 3.35. The number of carbonyl (C=O) groups is 1. The highest BCUT2D eigenvalue weighted by Gasteiger charge is 2.19. The lowest BCUT2D eigenvalue weighted by atomic mass is 10.1. The molecule has 2 heterocycles. The first-order valence-electron chi connectivity index (χ1n) is 9.98. The van der Waals surface area contributed by atoms with E-state index in [2.05, 4.69) is 41.4 Å². The predicted molar refractivity (Wildman–Crippen MR) is 121 cm³/mol. The van der Waals surface area contributed by atoms with Crippen LogP contribution < -0.4 is 4.90 Å². The van der Waals surface area contributed by atoms with Crippen molar-refractivity contribution in [3.63, 3.8) is 0 Å². The SMILES string of the molecule is CCCN(Cc1nnc(-c2cccs2)o1)C(=O)CN(C)c1ccc2ccccc2c1. The highest BCUT2D eigenvalue weighted by Crippen LogP contribution is 2.24. The molecule has 0 radical (unpaired) electrons. The molecule has 0 saturated carbocycles. The Morgan fingerprint density at radius 1 is 1.07 bits per heavy atom. The third-order valence-corrected chi connectivity index (χ3v) is 5.78. The molecule has 0 N–H and O–H groups in total. The number of likely N-dealkylation sites (N-methyl/N-ethyl adjacent to an activating group) is 1. The highest BCUT2D eigenvalue weighted by atomic mass is 32.1. The normalized spacial score (nSPS) is 11.0. The quantitative estimate of drug-likeness (QED) is 0.409. The van der Waals surface area contributed by atoms with Crippen LogP contribution in [0.2, 0.25) is 0 Å². The molecule has 30 heavy (non-hydrogen) atoms. The van der Waals surface area contributed by atoms with Crippen LogP contribution in [0.3, 0.4) is 0 Å². The summed E-state index contributed by atoms with van der Waals surface area (Å²) in [4.78, 5) is 17.7. The molecule has 2 aromatic heterocycles. The summed E-state index contributed by atoms with van der Waals surface area (Å²) in [5, 5.41) is 12.6. The number of carbonyl (C=O) groups excluding carboxylic acids is 1. The van der Waals surface area contributed by atoms with Gasteiger partial charge in [0.2, 0.25) is 11.8 Å². The first-order chi connectivity index (χ1) is 14.6. The Labute approximate surface area is 179 Å². The summed E-state index contributed by atoms with van der Waals surface area (Å²) in [6, 6.07) is 18.3. The summed E-state index contributed by atoms with van der Waals surface area (Å²) < 4.78 is 5.77. The minimum atomic E-state index is 0.0309. The van der Waals surface area contributed by atoms with Crippen molar-refractivity contribution in [3.05, 3.63) is 65.9 Å². The smallest absolute Gasteiger partial charge is 0.257 e. The Morgan fingerprint density at radius 3 is 2.67 bits per heavy atom. The van der Waals surface area contributed by atoms with Crippen LogP contribution in [-0.2, 0) is 11.3 Å². The van der Waals surface area contributed by atoms with Gasteiger partial charge >= 0.3 is 0 Å². The van der Waals surface area contributed by atoms with Gasteiger partial charge in [0.05, 0.1) is 18.0 Å². The summed E-state index contributed by atoms with van der Waals surface area (Å²) in [6.07, 6.45) is 0.858. The topological polar surface area (TPSA) is 62.5 Å². The molecule has 2 aromatic carbocycles. The molecule has 154 valence electrons. The van der Waals surface area contributed by atoms with Gasteiger partial charge in [-0.3, -0.25) is 4.79 Å². The summed E-state index contributed by atoms with van der Waals surface area (Å²) in [5.74, 6) is 0.981. The van der Waals surface area contributed by atoms with Crippen molar-refractivity contribution >= 4 is 33.7 Å². The molecule has 0 aliphatic rings. The van der Waals surface area contributed by atoms with Gasteiger partial charge < -0.3 is 14.2 Å². The number of hydrogen-bond acceptors (Lipinski definition) is 6. The van der Waals surface area contributed by atoms with Gasteiger partial charge in [-0.25, -0.2) is 0 Å². The lowest BCUT2D eigenvalue weighted by Crippen LogP contribution is -2.39. The van der Waals surface area contributed by atoms with Crippen molar-refractivity contribution in [2.45, 2.75) is 19.9 Å². The lowest BCUT2D eigenvalue weighted by molar-refractivity contribution is -0.130. The van der Waals surface area contributed by atoms with Crippen LogP contribution in [0.5, 0.6) is 0 Å². The monoisotopic (exact) mass is 420 g/mol. The Morgan fingerprint density at radius 2 is 1.90 bits per heavy atom. The number of amides is 1. The van der Waals surface area contributed by atoms with E-state index in [1.54, 1.807) is 16.2 Å². The van der Waals surface area contributed by atoms with E-state index in [4.69, 9.17) is 4.42 Å². The Kier molecular flexibility index (Phi) is 6.09. The van der Waals surface area contributed by atoms with Crippen LogP contribution in [0.4, 0.5) is 5.69 Å². The largest absolute Gasteiger partial charge is 0.418 e. The van der Waals surface area contributed by atoms with E-state index in [9.17, 15) is 4.79 Å². The third-order valence-electron chi connectivity index (χ3n) is 4.92. The molecule has 0 spiro atoms. The molecular formula is C23H24N4O2S. The number of thiophene rings is 1. The highest BCUT2D eigenvalue weighted by molar-refractivity contribution is 7.13. The van der Waals surface area contributed by atoms with Crippen molar-refractivity contribution in [2.75, 3.05) is 25.0 Å². The van der Waals surface area contributed by atoms with Gasteiger partial charge in [0, 0.05) is 19.3 Å². The molecule has 0 bridgehead atoms. The van der Waals surface area contributed by atoms with Gasteiger partial charge in [0.25, 0.3) is 5.89 Å². The van der Waals surface area contributed by atoms with Gasteiger partial charge in [0.1, 0.15) is 0 Å². The zero-order chi connectivity index (χ0) is 20.9. The van der Waals surface area contributed by atoms with Gasteiger partial charge in [0.15, 0.2) is 0 Å². The zero-order valence-corrected chi connectivity index (χ0v) is 17.9. The maximum Gasteiger partial charge on any atom is 0.257 e. The average molecular weight is 421 g/mol. The van der Waals surface area contributed by atoms with Crippen LogP contribution in [0.25, 0.3) is 21.5 Å². The molecule has 0 atom stereocenters. The minimum absolute atomic E-state index is 0.0309. The predicted octanol–water partition coefficient (Wildman–Crippen LogP) is 4.83. The van der Waals surface area contributed by atoms with E-state index >= 15 is 0 Å². The van der Waals surface area contributed by atoms with E-state index in [0.29, 0.717) is 24.9 Å². The van der Waals surface area contributed by atoms with Gasteiger partial charge in [-0.2, -0.15) is 0 Å². The van der Waals surface area contributed by atoms with E-state index < -0.39 is 0 Å². The number of fused-ring (bicyclic) bond motifs is 1. The van der Waals surface area contributed by atoms with E-state index in [-0.39, 0.29) is 12.5 Å². The molecule has 4 rings (SSSR count). The lowest BCUT2D eigenvalue weighted by Gasteiger charge is -2.25. The first-order valence-corrected chi connectivity index (χ1v) is 10.9. The second kappa shape index (κ2) is 9.09. The van der Waals surface area contributed by atoms with Crippen LogP contribution >= 0.6 is 11.3 Å². The van der Waals surface area contributed by atoms with Gasteiger partial charge in [-0.1, -0.05) is 43.3 Å². The van der Waals surface area contributed by atoms with E-state index in [0.717, 1.165) is 22.4 Å². The molecular weight excluding hydrogens is 396 g/mol. The van der Waals surface area contributed by atoms with Crippen molar-refractivity contribution in [1.82, 2.24) is 15.1 Å².